The Balaban J connectivity index is 3.16. The van der Waals surface area contributed by atoms with Crippen molar-refractivity contribution in [2.24, 2.45) is 0 Å². The highest BCUT2D eigenvalue weighted by atomic mass is 35.5. The van der Waals surface area contributed by atoms with Crippen LogP contribution in [0.1, 0.15) is 0 Å². The minimum Gasteiger partial charge on any atom is -0.457 e. The summed E-state index contributed by atoms with van der Waals surface area (Å²) >= 11 is 6.33. The van der Waals surface area contributed by atoms with Gasteiger partial charge in [-0.3, -0.25) is 0 Å². The third-order valence-electron chi connectivity index (χ3n) is 1.20. The van der Waals surface area contributed by atoms with Crippen molar-refractivity contribution in [3.05, 3.63) is 16.5 Å². The third kappa shape index (κ3) is 2.01. The van der Waals surface area contributed by atoms with E-state index in [1.807, 2.05) is 0 Å². The quantitative estimate of drug-likeness (QED) is 0.704. The van der Waals surface area contributed by atoms with Crippen molar-refractivity contribution in [1.82, 2.24) is 0 Å². The molecular formula is C6H5ClO4S2. The summed E-state index contributed by atoms with van der Waals surface area (Å²) in [6.45, 7) is 0. The molecule has 0 saturated heterocycles. The number of rotatable bonds is 1. The zero-order chi connectivity index (χ0) is 10.1. The standard InChI is InChI=1S/C6H5ClO4S2/c1-11-6(8)13(9,10)5-3-2-4(7)12-5/h2-3H,1H3. The number of carbonyl (C=O) groups is 1. The van der Waals surface area contributed by atoms with E-state index in [9.17, 15) is 13.2 Å². The Morgan fingerprint density at radius 3 is 2.54 bits per heavy atom. The van der Waals surface area contributed by atoms with Gasteiger partial charge in [-0.25, -0.2) is 13.2 Å². The molecule has 1 aromatic rings. The number of carbonyl (C=O) groups excluding carboxylic acids is 1. The number of methoxy groups -OCH3 is 1. The van der Waals surface area contributed by atoms with Crippen LogP contribution in [0.2, 0.25) is 4.34 Å². The Kier molecular flexibility index (Phi) is 2.94. The van der Waals surface area contributed by atoms with Crippen LogP contribution in [0.25, 0.3) is 0 Å². The lowest BCUT2D eigenvalue weighted by Gasteiger charge is -1.96. The van der Waals surface area contributed by atoms with E-state index in [1.165, 1.54) is 12.1 Å². The van der Waals surface area contributed by atoms with Gasteiger partial charge in [0.05, 0.1) is 11.4 Å². The van der Waals surface area contributed by atoms with Crippen LogP contribution in [0.15, 0.2) is 16.3 Å². The lowest BCUT2D eigenvalue weighted by Crippen LogP contribution is -2.13. The molecule has 72 valence electrons. The topological polar surface area (TPSA) is 60.4 Å². The third-order valence-corrected chi connectivity index (χ3v) is 4.40. The van der Waals surface area contributed by atoms with Gasteiger partial charge >= 0.3 is 5.30 Å². The zero-order valence-corrected chi connectivity index (χ0v) is 8.87. The molecule has 1 heterocycles. The molecule has 0 aromatic carbocycles. The van der Waals surface area contributed by atoms with Crippen molar-refractivity contribution in [2.45, 2.75) is 4.21 Å². The fourth-order valence-electron chi connectivity index (χ4n) is 0.634. The van der Waals surface area contributed by atoms with Gasteiger partial charge in [-0.05, 0) is 12.1 Å². The van der Waals surface area contributed by atoms with Crippen molar-refractivity contribution in [3.8, 4) is 0 Å². The van der Waals surface area contributed by atoms with Gasteiger partial charge in [0.15, 0.2) is 0 Å². The Morgan fingerprint density at radius 2 is 2.15 bits per heavy atom. The maximum Gasteiger partial charge on any atom is 0.430 e. The van der Waals surface area contributed by atoms with Crippen LogP contribution in [0.5, 0.6) is 0 Å². The highest BCUT2D eigenvalue weighted by Gasteiger charge is 2.27. The monoisotopic (exact) mass is 240 g/mol. The van der Waals surface area contributed by atoms with Crippen molar-refractivity contribution in [3.63, 3.8) is 0 Å². The first-order valence-corrected chi connectivity index (χ1v) is 5.74. The number of thiophene rings is 1. The Bertz CT molecular complexity index is 420. The normalized spacial score (nSPS) is 11.2. The van der Waals surface area contributed by atoms with Crippen LogP contribution in [0, 0.1) is 0 Å². The van der Waals surface area contributed by atoms with Gasteiger partial charge in [-0.2, -0.15) is 0 Å². The van der Waals surface area contributed by atoms with Crippen LogP contribution in [0.3, 0.4) is 0 Å². The number of sulfone groups is 1. The van der Waals surface area contributed by atoms with Crippen LogP contribution >= 0.6 is 22.9 Å². The summed E-state index contributed by atoms with van der Waals surface area (Å²) in [7, 11) is -2.99. The van der Waals surface area contributed by atoms with Gasteiger partial charge in [0, 0.05) is 0 Å². The van der Waals surface area contributed by atoms with Crippen LogP contribution in [0.4, 0.5) is 4.79 Å². The summed E-state index contributed by atoms with van der Waals surface area (Å²) in [5, 5.41) is -1.27. The summed E-state index contributed by atoms with van der Waals surface area (Å²) in [5.74, 6) is 0. The molecular weight excluding hydrogens is 236 g/mol. The van der Waals surface area contributed by atoms with Gasteiger partial charge in [0.25, 0.3) is 9.84 Å². The Labute approximate surface area is 84.0 Å². The van der Waals surface area contributed by atoms with E-state index in [0.717, 1.165) is 18.4 Å². The van der Waals surface area contributed by atoms with Gasteiger partial charge in [0.1, 0.15) is 4.21 Å². The van der Waals surface area contributed by atoms with E-state index in [4.69, 9.17) is 11.6 Å². The smallest absolute Gasteiger partial charge is 0.430 e. The summed E-state index contributed by atoms with van der Waals surface area (Å²) in [6.07, 6.45) is 0. The average molecular weight is 241 g/mol. The van der Waals surface area contributed by atoms with Crippen molar-refractivity contribution in [2.75, 3.05) is 7.11 Å². The molecule has 0 fully saturated rings. The number of halogens is 1. The van der Waals surface area contributed by atoms with Crippen molar-refractivity contribution >= 4 is 38.1 Å². The predicted octanol–water partition coefficient (Wildman–Crippen LogP) is 1.94. The zero-order valence-electron chi connectivity index (χ0n) is 6.48. The first-order chi connectivity index (χ1) is 5.98. The minimum absolute atomic E-state index is 0.107. The first-order valence-electron chi connectivity index (χ1n) is 3.07. The SMILES string of the molecule is COC(=O)S(=O)(=O)c1ccc(Cl)s1. The van der Waals surface area contributed by atoms with E-state index in [-0.39, 0.29) is 4.21 Å². The number of ether oxygens (including phenoxy) is 1. The molecule has 0 spiro atoms. The predicted molar refractivity (Wildman–Crippen MR) is 48.9 cm³/mol. The van der Waals surface area contributed by atoms with E-state index < -0.39 is 15.1 Å². The molecule has 1 rings (SSSR count). The van der Waals surface area contributed by atoms with Crippen LogP contribution < -0.4 is 0 Å². The molecule has 0 unspecified atom stereocenters. The van der Waals surface area contributed by atoms with E-state index in [2.05, 4.69) is 4.74 Å². The number of hydrogen-bond acceptors (Lipinski definition) is 5. The van der Waals surface area contributed by atoms with Gasteiger partial charge in [0.2, 0.25) is 0 Å². The second-order valence-corrected chi connectivity index (χ2v) is 5.77. The lowest BCUT2D eigenvalue weighted by atomic mass is 10.7. The molecule has 0 radical (unpaired) electrons. The van der Waals surface area contributed by atoms with Gasteiger partial charge in [-0.15, -0.1) is 11.3 Å². The van der Waals surface area contributed by atoms with E-state index in [0.29, 0.717) is 4.34 Å². The fraction of sp³-hybridized carbons (Fsp3) is 0.167. The molecule has 0 bridgehead atoms. The molecule has 0 aliphatic rings. The maximum absolute atomic E-state index is 11.3. The highest BCUT2D eigenvalue weighted by Crippen LogP contribution is 2.26. The average Bonchev–Trinajstić information content (AvgIpc) is 2.50. The molecule has 0 amide bonds. The lowest BCUT2D eigenvalue weighted by molar-refractivity contribution is 0.197. The molecule has 0 saturated carbocycles. The van der Waals surface area contributed by atoms with Crippen molar-refractivity contribution in [1.29, 1.82) is 0 Å². The molecule has 1 aromatic heterocycles. The summed E-state index contributed by atoms with van der Waals surface area (Å²) < 4.78 is 26.8. The summed E-state index contributed by atoms with van der Waals surface area (Å²) in [5.41, 5.74) is 0. The molecule has 7 heteroatoms. The molecule has 0 atom stereocenters. The minimum atomic E-state index is -4.00. The first kappa shape index (κ1) is 10.5. The Morgan fingerprint density at radius 1 is 1.54 bits per heavy atom. The van der Waals surface area contributed by atoms with Gasteiger partial charge < -0.3 is 4.74 Å². The van der Waals surface area contributed by atoms with E-state index >= 15 is 0 Å². The molecule has 4 nitrogen and oxygen atoms in total. The number of hydrogen-bond donors (Lipinski definition) is 0. The molecule has 0 aliphatic carbocycles. The summed E-state index contributed by atoms with van der Waals surface area (Å²) in [6, 6.07) is 2.67. The Hall–Kier alpha value is -0.590. The maximum atomic E-state index is 11.3. The summed E-state index contributed by atoms with van der Waals surface area (Å²) in [4.78, 5) is 10.8. The second kappa shape index (κ2) is 3.65. The second-order valence-electron chi connectivity index (χ2n) is 2.02. The molecule has 0 N–H and O–H groups in total. The largest absolute Gasteiger partial charge is 0.457 e. The fourth-order valence-corrected chi connectivity index (χ4v) is 3.09. The molecule has 13 heavy (non-hydrogen) atoms. The van der Waals surface area contributed by atoms with Gasteiger partial charge in [-0.1, -0.05) is 11.6 Å². The van der Waals surface area contributed by atoms with Crippen LogP contribution in [-0.4, -0.2) is 20.8 Å². The molecule has 0 aliphatic heterocycles. The van der Waals surface area contributed by atoms with Crippen LogP contribution in [-0.2, 0) is 14.6 Å². The highest BCUT2D eigenvalue weighted by molar-refractivity contribution is 8.07. The van der Waals surface area contributed by atoms with Crippen molar-refractivity contribution < 1.29 is 17.9 Å². The van der Waals surface area contributed by atoms with E-state index in [1.54, 1.807) is 0 Å².